The van der Waals surface area contributed by atoms with Crippen molar-refractivity contribution < 1.29 is 31.1 Å². The highest BCUT2D eigenvalue weighted by Crippen LogP contribution is 2.40. The molecule has 1 aliphatic heterocycles. The summed E-state index contributed by atoms with van der Waals surface area (Å²) in [4.78, 5) is 13.1. The molecular weight excluding hydrogens is 541 g/mol. The number of sulfonamides is 1. The van der Waals surface area contributed by atoms with E-state index in [-0.39, 0.29) is 9.92 Å². The number of halogens is 4. The van der Waals surface area contributed by atoms with E-state index in [0.29, 0.717) is 22.5 Å². The molecule has 1 N–H and O–H groups in total. The van der Waals surface area contributed by atoms with Crippen LogP contribution in [-0.4, -0.2) is 26.5 Å². The molecule has 0 radical (unpaired) electrons. The Balaban J connectivity index is 1.73. The Kier molecular flexibility index (Phi) is 7.42. The van der Waals surface area contributed by atoms with Gasteiger partial charge in [-0.2, -0.15) is 13.2 Å². The average molecular weight is 567 g/mol. The lowest BCUT2D eigenvalue weighted by molar-refractivity contribution is -0.137. The van der Waals surface area contributed by atoms with E-state index in [0.717, 1.165) is 23.3 Å². The zero-order chi connectivity index (χ0) is 27.9. The summed E-state index contributed by atoms with van der Waals surface area (Å²) in [6.07, 6.45) is -4.36. The fourth-order valence-electron chi connectivity index (χ4n) is 4.37. The van der Waals surface area contributed by atoms with Gasteiger partial charge in [0.15, 0.2) is 0 Å². The van der Waals surface area contributed by atoms with Gasteiger partial charge < -0.3 is 10.1 Å². The molecule has 0 saturated heterocycles. The Morgan fingerprint density at radius 3 is 2.45 bits per heavy atom. The van der Waals surface area contributed by atoms with Crippen molar-refractivity contribution in [3.63, 3.8) is 0 Å². The van der Waals surface area contributed by atoms with E-state index >= 15 is 0 Å². The van der Waals surface area contributed by atoms with Crippen LogP contribution in [0, 0.1) is 6.92 Å². The fourth-order valence-corrected chi connectivity index (χ4v) is 6.10. The summed E-state index contributed by atoms with van der Waals surface area (Å²) in [5.41, 5.74) is -0.506. The SMILES string of the molecule is Cc1ccc2c(c1)C(NC(=O)CN(c1cc(C(F)(F)F)ccc1Cl)S(=O)(=O)c1ccccc1)CC(C)(C)O2. The van der Waals surface area contributed by atoms with Crippen LogP contribution in [-0.2, 0) is 21.0 Å². The molecule has 6 nitrogen and oxygen atoms in total. The van der Waals surface area contributed by atoms with E-state index in [1.807, 2.05) is 32.9 Å². The van der Waals surface area contributed by atoms with Crippen molar-refractivity contribution in [2.75, 3.05) is 10.8 Å². The van der Waals surface area contributed by atoms with E-state index in [1.165, 1.54) is 24.3 Å². The number of fused-ring (bicyclic) bond motifs is 1. The highest BCUT2D eigenvalue weighted by atomic mass is 35.5. The zero-order valence-corrected chi connectivity index (χ0v) is 22.4. The number of alkyl halides is 3. The molecule has 1 amide bonds. The van der Waals surface area contributed by atoms with Gasteiger partial charge in [-0.1, -0.05) is 47.5 Å². The fraction of sp³-hybridized carbons (Fsp3) is 0.296. The van der Waals surface area contributed by atoms with Gasteiger partial charge in [0.25, 0.3) is 10.0 Å². The van der Waals surface area contributed by atoms with Crippen LogP contribution < -0.4 is 14.4 Å². The van der Waals surface area contributed by atoms with E-state index < -0.39 is 51.5 Å². The van der Waals surface area contributed by atoms with Crippen LogP contribution in [0.4, 0.5) is 18.9 Å². The molecule has 0 aromatic heterocycles. The first-order valence-electron chi connectivity index (χ1n) is 11.7. The van der Waals surface area contributed by atoms with Crippen molar-refractivity contribution in [1.82, 2.24) is 5.32 Å². The highest BCUT2D eigenvalue weighted by Gasteiger charge is 2.37. The minimum Gasteiger partial charge on any atom is -0.487 e. The van der Waals surface area contributed by atoms with Crippen molar-refractivity contribution in [3.05, 3.63) is 88.4 Å². The number of hydrogen-bond acceptors (Lipinski definition) is 4. The second kappa shape index (κ2) is 10.1. The first-order chi connectivity index (χ1) is 17.7. The Morgan fingerprint density at radius 2 is 1.79 bits per heavy atom. The van der Waals surface area contributed by atoms with Crippen molar-refractivity contribution in [1.29, 1.82) is 0 Å². The maximum absolute atomic E-state index is 13.6. The third-order valence-corrected chi connectivity index (χ3v) is 8.21. The van der Waals surface area contributed by atoms with Gasteiger partial charge in [0.1, 0.15) is 17.9 Å². The van der Waals surface area contributed by atoms with Crippen molar-refractivity contribution in [2.24, 2.45) is 0 Å². The highest BCUT2D eigenvalue weighted by molar-refractivity contribution is 7.92. The lowest BCUT2D eigenvalue weighted by atomic mass is 9.89. The number of rotatable bonds is 6. The number of nitrogens with one attached hydrogen (secondary N) is 1. The number of nitrogens with zero attached hydrogens (tertiary/aromatic N) is 1. The summed E-state index contributed by atoms with van der Waals surface area (Å²) in [7, 11) is -4.47. The number of benzene rings is 3. The molecular formula is C27H26ClF3N2O4S. The predicted octanol–water partition coefficient (Wildman–Crippen LogP) is 6.28. The molecule has 1 unspecified atom stereocenters. The Morgan fingerprint density at radius 1 is 1.11 bits per heavy atom. The van der Waals surface area contributed by atoms with E-state index in [4.69, 9.17) is 16.3 Å². The number of ether oxygens (including phenoxy) is 1. The Labute approximate surface area is 224 Å². The van der Waals surface area contributed by atoms with Gasteiger partial charge in [-0.05, 0) is 57.2 Å². The first-order valence-corrected chi connectivity index (χ1v) is 13.5. The summed E-state index contributed by atoms with van der Waals surface area (Å²) in [6, 6.07) is 14.5. The van der Waals surface area contributed by atoms with Crippen molar-refractivity contribution >= 4 is 33.2 Å². The van der Waals surface area contributed by atoms with E-state index in [2.05, 4.69) is 5.32 Å². The smallest absolute Gasteiger partial charge is 0.416 e. The third-order valence-electron chi connectivity index (χ3n) is 6.12. The molecule has 202 valence electrons. The molecule has 0 spiro atoms. The summed E-state index contributed by atoms with van der Waals surface area (Å²) >= 11 is 6.21. The molecule has 1 atom stereocenters. The zero-order valence-electron chi connectivity index (χ0n) is 20.8. The molecule has 38 heavy (non-hydrogen) atoms. The van der Waals surface area contributed by atoms with Crippen molar-refractivity contribution in [3.8, 4) is 5.75 Å². The molecule has 0 fully saturated rings. The molecule has 0 bridgehead atoms. The maximum atomic E-state index is 13.6. The summed E-state index contributed by atoms with van der Waals surface area (Å²) < 4.78 is 74.3. The maximum Gasteiger partial charge on any atom is 0.416 e. The van der Waals surface area contributed by atoms with Gasteiger partial charge in [0.05, 0.1) is 27.2 Å². The second-order valence-electron chi connectivity index (χ2n) is 9.72. The van der Waals surface area contributed by atoms with Crippen molar-refractivity contribution in [2.45, 2.75) is 49.9 Å². The summed E-state index contributed by atoms with van der Waals surface area (Å²) in [6.45, 7) is 4.83. The number of carbonyl (C=O) groups is 1. The van der Waals surface area contributed by atoms with Gasteiger partial charge >= 0.3 is 6.18 Å². The minimum atomic E-state index is -4.75. The van der Waals surface area contributed by atoms with Crippen LogP contribution in [0.1, 0.15) is 43.0 Å². The van der Waals surface area contributed by atoms with Gasteiger partial charge in [0.2, 0.25) is 5.91 Å². The Bertz CT molecular complexity index is 1460. The molecule has 1 heterocycles. The lowest BCUT2D eigenvalue weighted by Crippen LogP contribution is -2.45. The van der Waals surface area contributed by atoms with Gasteiger partial charge in [-0.25, -0.2) is 8.42 Å². The average Bonchev–Trinajstić information content (AvgIpc) is 2.83. The summed E-state index contributed by atoms with van der Waals surface area (Å²) in [5.74, 6) is -0.125. The molecule has 4 rings (SSSR count). The van der Waals surface area contributed by atoms with Gasteiger partial charge in [-0.15, -0.1) is 0 Å². The lowest BCUT2D eigenvalue weighted by Gasteiger charge is -2.38. The number of aryl methyl sites for hydroxylation is 1. The second-order valence-corrected chi connectivity index (χ2v) is 12.0. The van der Waals surface area contributed by atoms with Gasteiger partial charge in [-0.3, -0.25) is 9.10 Å². The van der Waals surface area contributed by atoms with Crippen LogP contribution in [0.25, 0.3) is 0 Å². The number of anilines is 1. The normalized spacial score (nSPS) is 16.8. The number of carbonyl (C=O) groups excluding carboxylic acids is 1. The van der Waals surface area contributed by atoms with Crippen LogP contribution in [0.5, 0.6) is 5.75 Å². The standard InChI is InChI=1S/C27H26ClF3N2O4S/c1-17-9-12-24-20(13-17)22(15-26(2,3)37-24)32-25(34)16-33(38(35,36)19-7-5-4-6-8-19)23-14-18(27(29,30)31)10-11-21(23)28/h4-14,22H,15-16H2,1-3H3,(H,32,34). The van der Waals surface area contributed by atoms with E-state index in [9.17, 15) is 26.4 Å². The molecule has 0 aliphatic carbocycles. The largest absolute Gasteiger partial charge is 0.487 e. The molecule has 11 heteroatoms. The molecule has 3 aromatic rings. The predicted molar refractivity (Wildman–Crippen MR) is 139 cm³/mol. The topological polar surface area (TPSA) is 75.7 Å². The van der Waals surface area contributed by atoms with Crippen LogP contribution in [0.3, 0.4) is 0 Å². The minimum absolute atomic E-state index is 0.200. The quantitative estimate of drug-likeness (QED) is 0.381. The van der Waals surface area contributed by atoms with Crippen LogP contribution >= 0.6 is 11.6 Å². The molecule has 3 aromatic carbocycles. The van der Waals surface area contributed by atoms with Gasteiger partial charge in [0, 0.05) is 12.0 Å². The number of amides is 1. The monoisotopic (exact) mass is 566 g/mol. The third kappa shape index (κ3) is 5.91. The Hall–Kier alpha value is -3.24. The van der Waals surface area contributed by atoms with Crippen LogP contribution in [0.15, 0.2) is 71.6 Å². The van der Waals surface area contributed by atoms with Crippen LogP contribution in [0.2, 0.25) is 5.02 Å². The summed E-state index contributed by atoms with van der Waals surface area (Å²) in [5, 5.41) is 2.60. The molecule has 0 saturated carbocycles. The molecule has 1 aliphatic rings. The first kappa shape index (κ1) is 27.8. The van der Waals surface area contributed by atoms with E-state index in [1.54, 1.807) is 12.1 Å². The number of hydrogen-bond donors (Lipinski definition) is 1.